The molecule has 1 aliphatic rings. The summed E-state index contributed by atoms with van der Waals surface area (Å²) < 4.78 is 6.01. The van der Waals surface area contributed by atoms with Crippen LogP contribution in [0.3, 0.4) is 0 Å². The Labute approximate surface area is 187 Å². The summed E-state index contributed by atoms with van der Waals surface area (Å²) in [5.41, 5.74) is 4.92. The molecule has 0 radical (unpaired) electrons. The molecule has 0 spiro atoms. The molecule has 0 amide bonds. The molecule has 3 aromatic rings. The zero-order valence-electron chi connectivity index (χ0n) is 17.5. The number of aryl methyl sites for hydroxylation is 1. The second kappa shape index (κ2) is 9.69. The molecule has 5 nitrogen and oxygen atoms in total. The van der Waals surface area contributed by atoms with Crippen molar-refractivity contribution in [3.05, 3.63) is 88.1 Å². The standard InChI is InChI=1S/C25H27ClN2O3/c1-17-4-6-18(7-5-17)24(30)20-8-9-23(19(15-20)11-14-29)28-13-10-21(16-28)31-25-22(26)3-2-12-27-25/h2-9,12,15,21,24,29-30H,10-11,13-14,16H2,1H3/t21-,24?/m0/s1. The lowest BCUT2D eigenvalue weighted by atomic mass is 9.97. The number of aliphatic hydroxyl groups excluding tert-OH is 2. The van der Waals surface area contributed by atoms with Gasteiger partial charge in [-0.2, -0.15) is 0 Å². The predicted octanol–water partition coefficient (Wildman–Crippen LogP) is 4.32. The average Bonchev–Trinajstić information content (AvgIpc) is 3.24. The Morgan fingerprint density at radius 2 is 1.94 bits per heavy atom. The summed E-state index contributed by atoms with van der Waals surface area (Å²) in [6.45, 7) is 3.63. The normalized spacial score (nSPS) is 17.0. The molecule has 1 saturated heterocycles. The quantitative estimate of drug-likeness (QED) is 0.575. The summed E-state index contributed by atoms with van der Waals surface area (Å²) in [5.74, 6) is 0.461. The molecule has 4 rings (SSSR count). The first kappa shape index (κ1) is 21.6. The maximum Gasteiger partial charge on any atom is 0.232 e. The van der Waals surface area contributed by atoms with Gasteiger partial charge in [0.25, 0.3) is 0 Å². The van der Waals surface area contributed by atoms with Crippen molar-refractivity contribution >= 4 is 17.3 Å². The molecule has 2 atom stereocenters. The van der Waals surface area contributed by atoms with Crippen LogP contribution < -0.4 is 9.64 Å². The molecule has 2 aromatic carbocycles. The first-order chi connectivity index (χ1) is 15.0. The van der Waals surface area contributed by atoms with Gasteiger partial charge in [0.2, 0.25) is 5.88 Å². The van der Waals surface area contributed by atoms with E-state index in [1.807, 2.05) is 49.4 Å². The van der Waals surface area contributed by atoms with Gasteiger partial charge in [-0.3, -0.25) is 0 Å². The minimum atomic E-state index is -0.701. The number of nitrogens with zero attached hydrogens (tertiary/aromatic N) is 2. The first-order valence-electron chi connectivity index (χ1n) is 10.6. The molecule has 1 fully saturated rings. The van der Waals surface area contributed by atoms with Crippen LogP contribution >= 0.6 is 11.6 Å². The summed E-state index contributed by atoms with van der Waals surface area (Å²) in [6.07, 6.45) is 2.35. The van der Waals surface area contributed by atoms with Gasteiger partial charge in [0.1, 0.15) is 17.2 Å². The molecular formula is C25H27ClN2O3. The Morgan fingerprint density at radius 3 is 2.68 bits per heavy atom. The number of hydrogen-bond acceptors (Lipinski definition) is 5. The third-order valence-corrected chi connectivity index (χ3v) is 5.97. The van der Waals surface area contributed by atoms with E-state index in [-0.39, 0.29) is 12.7 Å². The van der Waals surface area contributed by atoms with E-state index in [0.717, 1.165) is 40.9 Å². The highest BCUT2D eigenvalue weighted by molar-refractivity contribution is 6.31. The largest absolute Gasteiger partial charge is 0.471 e. The van der Waals surface area contributed by atoms with Crippen LogP contribution in [0.2, 0.25) is 5.02 Å². The fourth-order valence-electron chi connectivity index (χ4n) is 4.00. The molecular weight excluding hydrogens is 412 g/mol. The number of benzene rings is 2. The van der Waals surface area contributed by atoms with Gasteiger partial charge in [0, 0.05) is 31.5 Å². The van der Waals surface area contributed by atoms with Crippen molar-refractivity contribution in [1.29, 1.82) is 0 Å². The number of hydrogen-bond donors (Lipinski definition) is 2. The topological polar surface area (TPSA) is 65.8 Å². The van der Waals surface area contributed by atoms with Crippen LogP contribution in [0.5, 0.6) is 5.88 Å². The van der Waals surface area contributed by atoms with Crippen LogP contribution in [-0.4, -0.2) is 41.0 Å². The minimum Gasteiger partial charge on any atom is -0.471 e. The van der Waals surface area contributed by atoms with Gasteiger partial charge >= 0.3 is 0 Å². The van der Waals surface area contributed by atoms with Crippen molar-refractivity contribution in [3.8, 4) is 5.88 Å². The van der Waals surface area contributed by atoms with Crippen molar-refractivity contribution in [2.75, 3.05) is 24.6 Å². The Kier molecular flexibility index (Phi) is 6.76. The van der Waals surface area contributed by atoms with Crippen molar-refractivity contribution < 1.29 is 14.9 Å². The van der Waals surface area contributed by atoms with Crippen LogP contribution in [0.4, 0.5) is 5.69 Å². The van der Waals surface area contributed by atoms with E-state index in [4.69, 9.17) is 16.3 Å². The lowest BCUT2D eigenvalue weighted by Crippen LogP contribution is -2.26. The van der Waals surface area contributed by atoms with E-state index in [0.29, 0.717) is 23.9 Å². The molecule has 0 bridgehead atoms. The van der Waals surface area contributed by atoms with E-state index in [1.54, 1.807) is 18.3 Å². The zero-order chi connectivity index (χ0) is 21.8. The molecule has 1 aromatic heterocycles. The van der Waals surface area contributed by atoms with Crippen LogP contribution in [0.25, 0.3) is 0 Å². The molecule has 1 unspecified atom stereocenters. The third-order valence-electron chi connectivity index (χ3n) is 5.68. The van der Waals surface area contributed by atoms with Gasteiger partial charge in [-0.1, -0.05) is 53.6 Å². The van der Waals surface area contributed by atoms with Crippen LogP contribution in [0.15, 0.2) is 60.8 Å². The van der Waals surface area contributed by atoms with E-state index in [9.17, 15) is 10.2 Å². The van der Waals surface area contributed by atoms with Crippen LogP contribution in [-0.2, 0) is 6.42 Å². The fourth-order valence-corrected chi connectivity index (χ4v) is 4.17. The van der Waals surface area contributed by atoms with Gasteiger partial charge in [0.05, 0.1) is 6.54 Å². The van der Waals surface area contributed by atoms with Gasteiger partial charge < -0.3 is 19.8 Å². The molecule has 162 valence electrons. The fraction of sp³-hybridized carbons (Fsp3) is 0.320. The molecule has 2 N–H and O–H groups in total. The number of aliphatic hydroxyl groups is 2. The predicted molar refractivity (Wildman–Crippen MR) is 123 cm³/mol. The summed E-state index contributed by atoms with van der Waals surface area (Å²) in [7, 11) is 0. The highest BCUT2D eigenvalue weighted by atomic mass is 35.5. The highest BCUT2D eigenvalue weighted by Gasteiger charge is 2.27. The number of aromatic nitrogens is 1. The summed E-state index contributed by atoms with van der Waals surface area (Å²) in [4.78, 5) is 6.48. The smallest absolute Gasteiger partial charge is 0.232 e. The Bertz CT molecular complexity index is 1030. The number of halogens is 1. The average molecular weight is 439 g/mol. The number of anilines is 1. The van der Waals surface area contributed by atoms with Crippen molar-refractivity contribution in [3.63, 3.8) is 0 Å². The monoisotopic (exact) mass is 438 g/mol. The Morgan fingerprint density at radius 1 is 1.16 bits per heavy atom. The van der Waals surface area contributed by atoms with E-state index in [1.165, 1.54) is 0 Å². The summed E-state index contributed by atoms with van der Waals surface area (Å²) >= 11 is 6.18. The molecule has 0 saturated carbocycles. The van der Waals surface area contributed by atoms with Gasteiger partial charge in [-0.05, 0) is 48.2 Å². The lowest BCUT2D eigenvalue weighted by Gasteiger charge is -2.24. The number of ether oxygens (including phenoxy) is 1. The molecule has 2 heterocycles. The Balaban J connectivity index is 1.51. The van der Waals surface area contributed by atoms with Gasteiger partial charge in [-0.25, -0.2) is 4.98 Å². The molecule has 0 aliphatic carbocycles. The van der Waals surface area contributed by atoms with Gasteiger partial charge in [-0.15, -0.1) is 0 Å². The zero-order valence-corrected chi connectivity index (χ0v) is 18.3. The minimum absolute atomic E-state index is 0.00722. The first-order valence-corrected chi connectivity index (χ1v) is 10.9. The molecule has 6 heteroatoms. The number of rotatable bonds is 7. The van der Waals surface area contributed by atoms with Crippen LogP contribution in [0, 0.1) is 6.92 Å². The van der Waals surface area contributed by atoms with Gasteiger partial charge in [0.15, 0.2) is 0 Å². The molecule has 31 heavy (non-hydrogen) atoms. The highest BCUT2D eigenvalue weighted by Crippen LogP contribution is 2.32. The lowest BCUT2D eigenvalue weighted by molar-refractivity contribution is 0.216. The molecule has 1 aliphatic heterocycles. The SMILES string of the molecule is Cc1ccc(C(O)c2ccc(N3CC[C@H](Oc4ncccc4Cl)C3)c(CCO)c2)cc1. The summed E-state index contributed by atoms with van der Waals surface area (Å²) in [5, 5.41) is 21.0. The second-order valence-electron chi connectivity index (χ2n) is 7.94. The van der Waals surface area contributed by atoms with E-state index >= 15 is 0 Å². The van der Waals surface area contributed by atoms with Crippen molar-refractivity contribution in [1.82, 2.24) is 4.98 Å². The second-order valence-corrected chi connectivity index (χ2v) is 8.35. The third kappa shape index (κ3) is 5.01. The number of pyridine rings is 1. The Hall–Kier alpha value is -2.60. The summed E-state index contributed by atoms with van der Waals surface area (Å²) in [6, 6.07) is 17.4. The van der Waals surface area contributed by atoms with E-state index < -0.39 is 6.10 Å². The van der Waals surface area contributed by atoms with Crippen molar-refractivity contribution in [2.45, 2.75) is 32.0 Å². The van der Waals surface area contributed by atoms with Crippen molar-refractivity contribution in [2.24, 2.45) is 0 Å². The van der Waals surface area contributed by atoms with E-state index in [2.05, 4.69) is 9.88 Å². The maximum absolute atomic E-state index is 10.8. The maximum atomic E-state index is 10.8. The van der Waals surface area contributed by atoms with Crippen LogP contribution in [0.1, 0.15) is 34.8 Å².